The number of carbonyl (C=O) groups excluding carboxylic acids is 1. The third-order valence-electron chi connectivity index (χ3n) is 2.28. The summed E-state index contributed by atoms with van der Waals surface area (Å²) in [5, 5.41) is 9.07. The summed E-state index contributed by atoms with van der Waals surface area (Å²) in [6.45, 7) is 0.910. The lowest BCUT2D eigenvalue weighted by Crippen LogP contribution is -2.08. The minimum atomic E-state index is -4.58. The molecule has 1 aromatic carbocycles. The summed E-state index contributed by atoms with van der Waals surface area (Å²) >= 11 is -0.705. The van der Waals surface area contributed by atoms with Crippen molar-refractivity contribution in [1.29, 1.82) is 0 Å². The van der Waals surface area contributed by atoms with E-state index in [2.05, 4.69) is 8.92 Å². The fourth-order valence-corrected chi connectivity index (χ4v) is 1.82. The van der Waals surface area contributed by atoms with Gasteiger partial charge >= 0.3 is 11.5 Å². The molecule has 0 atom stereocenters. The summed E-state index contributed by atoms with van der Waals surface area (Å²) in [4.78, 5) is 11.4. The Hall–Kier alpha value is -1.41. The predicted molar refractivity (Wildman–Crippen MR) is 62.7 cm³/mol. The van der Waals surface area contributed by atoms with E-state index in [4.69, 9.17) is 5.11 Å². The van der Waals surface area contributed by atoms with E-state index in [0.29, 0.717) is 0 Å². The Labute approximate surface area is 111 Å². The number of carbonyl (C=O) groups is 1. The number of alkyl halides is 3. The largest absolute Gasteiger partial charge is 0.479 e. The highest BCUT2D eigenvalue weighted by Gasteiger charge is 2.32. The van der Waals surface area contributed by atoms with E-state index in [1.807, 2.05) is 0 Å². The third-order valence-corrected chi connectivity index (χ3v) is 2.72. The smallest absolute Gasteiger partial charge is 0.465 e. The Morgan fingerprint density at radius 1 is 1.42 bits per heavy atom. The fraction of sp³-hybridized carbons (Fsp3) is 0.364. The Balaban J connectivity index is 3.15. The number of benzene rings is 1. The zero-order chi connectivity index (χ0) is 14.6. The molecule has 0 radical (unpaired) electrons. The molecule has 19 heavy (non-hydrogen) atoms. The first-order valence-electron chi connectivity index (χ1n) is 5.04. The van der Waals surface area contributed by atoms with Gasteiger partial charge in [0.05, 0.1) is 19.3 Å². The van der Waals surface area contributed by atoms with E-state index in [1.54, 1.807) is 0 Å². The van der Waals surface area contributed by atoms with Crippen molar-refractivity contribution < 1.29 is 32.0 Å². The molecular formula is C11H11F3O4S. The van der Waals surface area contributed by atoms with Gasteiger partial charge in [0.25, 0.3) is 0 Å². The van der Waals surface area contributed by atoms with Crippen LogP contribution in [0.3, 0.4) is 0 Å². The highest BCUT2D eigenvalue weighted by molar-refractivity contribution is 7.95. The van der Waals surface area contributed by atoms with Crippen LogP contribution in [-0.2, 0) is 11.3 Å². The van der Waals surface area contributed by atoms with Crippen molar-refractivity contribution in [2.24, 2.45) is 0 Å². The number of aliphatic hydroxyl groups excluding tert-OH is 1. The van der Waals surface area contributed by atoms with Crippen molar-refractivity contribution >= 4 is 18.0 Å². The summed E-state index contributed by atoms with van der Waals surface area (Å²) in [6, 6.07) is 2.67. The van der Waals surface area contributed by atoms with E-state index >= 15 is 0 Å². The molecule has 0 aliphatic heterocycles. The summed E-state index contributed by atoms with van der Waals surface area (Å²) in [5.41, 5.74) is -4.17. The van der Waals surface area contributed by atoms with Crippen LogP contribution >= 0.6 is 12.0 Å². The van der Waals surface area contributed by atoms with Crippen LogP contribution in [0.2, 0.25) is 0 Å². The number of hydrogen-bond acceptors (Lipinski definition) is 5. The average Bonchev–Trinajstić information content (AvgIpc) is 2.34. The normalized spacial score (nSPS) is 11.3. The van der Waals surface area contributed by atoms with Gasteiger partial charge in [0.1, 0.15) is 5.75 Å². The molecule has 0 heterocycles. The van der Waals surface area contributed by atoms with Gasteiger partial charge < -0.3 is 14.0 Å². The van der Waals surface area contributed by atoms with Gasteiger partial charge in [0.15, 0.2) is 12.0 Å². The predicted octanol–water partition coefficient (Wildman–Crippen LogP) is 2.82. The number of rotatable bonds is 4. The van der Waals surface area contributed by atoms with Gasteiger partial charge in [-0.2, -0.15) is 13.2 Å². The van der Waals surface area contributed by atoms with Gasteiger partial charge in [-0.15, -0.1) is 0 Å². The molecule has 1 aromatic rings. The molecule has 0 fully saturated rings. The van der Waals surface area contributed by atoms with Crippen molar-refractivity contribution in [2.45, 2.75) is 19.0 Å². The van der Waals surface area contributed by atoms with Gasteiger partial charge in [-0.05, 0) is 13.0 Å². The van der Waals surface area contributed by atoms with E-state index in [9.17, 15) is 18.0 Å². The van der Waals surface area contributed by atoms with Crippen LogP contribution in [-0.4, -0.2) is 23.7 Å². The zero-order valence-electron chi connectivity index (χ0n) is 10.1. The molecule has 8 heteroatoms. The van der Waals surface area contributed by atoms with Crippen molar-refractivity contribution in [3.8, 4) is 5.75 Å². The molecule has 0 aromatic heterocycles. The summed E-state index contributed by atoms with van der Waals surface area (Å²) in [7, 11) is 1.16. The van der Waals surface area contributed by atoms with Crippen molar-refractivity contribution in [3.63, 3.8) is 0 Å². The number of halogens is 3. The topological polar surface area (TPSA) is 55.8 Å². The van der Waals surface area contributed by atoms with Crippen LogP contribution in [0.4, 0.5) is 13.2 Å². The Kier molecular flexibility index (Phi) is 5.07. The first-order chi connectivity index (χ1) is 8.80. The van der Waals surface area contributed by atoms with Crippen LogP contribution in [0.25, 0.3) is 0 Å². The Morgan fingerprint density at radius 3 is 2.53 bits per heavy atom. The molecule has 0 saturated heterocycles. The lowest BCUT2D eigenvalue weighted by molar-refractivity contribution is -0.0370. The average molecular weight is 296 g/mol. The monoisotopic (exact) mass is 296 g/mol. The second kappa shape index (κ2) is 6.16. The first kappa shape index (κ1) is 15.6. The van der Waals surface area contributed by atoms with Crippen molar-refractivity contribution in [3.05, 3.63) is 28.8 Å². The Bertz CT molecular complexity index is 474. The second-order valence-corrected chi connectivity index (χ2v) is 4.28. The SMILES string of the molecule is COC(=O)c1ccc(CO)c(OSC(F)(F)F)c1C. The standard InChI is InChI=1S/C11H11F3O4S/c1-6-8(10(16)17-2)4-3-7(5-15)9(6)18-19-11(12,13)14/h3-4,15H,5H2,1-2H3. The van der Waals surface area contributed by atoms with E-state index in [1.165, 1.54) is 19.1 Å². The molecular weight excluding hydrogens is 285 g/mol. The third kappa shape index (κ3) is 4.03. The molecule has 0 aliphatic rings. The van der Waals surface area contributed by atoms with Crippen molar-refractivity contribution in [1.82, 2.24) is 0 Å². The number of aliphatic hydroxyl groups is 1. The zero-order valence-corrected chi connectivity index (χ0v) is 10.9. The summed E-state index contributed by atoms with van der Waals surface area (Å²) in [6.07, 6.45) is 0. The number of ether oxygens (including phenoxy) is 1. The van der Waals surface area contributed by atoms with E-state index in [-0.39, 0.29) is 22.4 Å². The van der Waals surface area contributed by atoms with Crippen LogP contribution in [0.15, 0.2) is 12.1 Å². The summed E-state index contributed by atoms with van der Waals surface area (Å²) < 4.78 is 45.4. The minimum Gasteiger partial charge on any atom is -0.465 e. The van der Waals surface area contributed by atoms with Gasteiger partial charge in [0, 0.05) is 11.1 Å². The Morgan fingerprint density at radius 2 is 2.05 bits per heavy atom. The molecule has 0 spiro atoms. The van der Waals surface area contributed by atoms with Gasteiger partial charge in [-0.25, -0.2) is 4.79 Å². The maximum Gasteiger partial charge on any atom is 0.479 e. The molecule has 1 rings (SSSR count). The molecule has 0 bridgehead atoms. The van der Waals surface area contributed by atoms with Crippen molar-refractivity contribution in [2.75, 3.05) is 7.11 Å². The van der Waals surface area contributed by atoms with Crippen LogP contribution in [0.1, 0.15) is 21.5 Å². The second-order valence-electron chi connectivity index (χ2n) is 3.49. The highest BCUT2D eigenvalue weighted by Crippen LogP contribution is 2.36. The molecule has 0 unspecified atom stereocenters. The minimum absolute atomic E-state index is 0.0810. The molecule has 1 N–H and O–H groups in total. The van der Waals surface area contributed by atoms with Gasteiger partial charge in [-0.3, -0.25) is 0 Å². The number of esters is 1. The van der Waals surface area contributed by atoms with Crippen LogP contribution in [0, 0.1) is 6.92 Å². The quantitative estimate of drug-likeness (QED) is 0.684. The van der Waals surface area contributed by atoms with E-state index < -0.39 is 30.1 Å². The maximum atomic E-state index is 12.1. The van der Waals surface area contributed by atoms with Gasteiger partial charge in [-0.1, -0.05) is 6.07 Å². The van der Waals surface area contributed by atoms with E-state index in [0.717, 1.165) is 7.11 Å². The molecule has 0 amide bonds. The fourth-order valence-electron chi connectivity index (χ4n) is 1.41. The van der Waals surface area contributed by atoms with Crippen LogP contribution < -0.4 is 4.18 Å². The summed E-state index contributed by atoms with van der Waals surface area (Å²) in [5.74, 6) is -0.878. The molecule has 4 nitrogen and oxygen atoms in total. The molecule has 106 valence electrons. The van der Waals surface area contributed by atoms with Crippen LogP contribution in [0.5, 0.6) is 5.75 Å². The molecule has 0 aliphatic carbocycles. The molecule has 0 saturated carbocycles. The first-order valence-corrected chi connectivity index (χ1v) is 5.78. The number of hydrogen-bond donors (Lipinski definition) is 1. The lowest BCUT2D eigenvalue weighted by Gasteiger charge is -2.14. The number of methoxy groups -OCH3 is 1. The lowest BCUT2D eigenvalue weighted by atomic mass is 10.0. The van der Waals surface area contributed by atoms with Gasteiger partial charge in [0.2, 0.25) is 0 Å². The highest BCUT2D eigenvalue weighted by atomic mass is 32.2. The maximum absolute atomic E-state index is 12.1.